The zero-order valence-corrected chi connectivity index (χ0v) is 18.5. The van der Waals surface area contributed by atoms with Gasteiger partial charge in [0.2, 0.25) is 5.95 Å². The Morgan fingerprint density at radius 3 is 2.52 bits per heavy atom. The van der Waals surface area contributed by atoms with Crippen molar-refractivity contribution in [2.45, 2.75) is 25.4 Å². The van der Waals surface area contributed by atoms with Gasteiger partial charge < -0.3 is 25.2 Å². The van der Waals surface area contributed by atoms with Crippen molar-refractivity contribution in [2.24, 2.45) is 0 Å². The monoisotopic (exact) mass is 464 g/mol. The van der Waals surface area contributed by atoms with E-state index in [2.05, 4.69) is 20.6 Å². The van der Waals surface area contributed by atoms with Gasteiger partial charge in [-0.15, -0.1) is 0 Å². The number of likely N-dealkylation sites (tertiary alicyclic amines) is 1. The Kier molecular flexibility index (Phi) is 5.64. The lowest BCUT2D eigenvalue weighted by Crippen LogP contribution is -2.60. The summed E-state index contributed by atoms with van der Waals surface area (Å²) in [6.45, 7) is 4.13. The molecule has 4 rings (SSSR count). The van der Waals surface area contributed by atoms with E-state index in [9.17, 15) is 22.8 Å². The molecule has 9 nitrogen and oxygen atoms in total. The number of nitrogens with one attached hydrogen (secondary N) is 2. The average Bonchev–Trinajstić information content (AvgIpc) is 2.73. The normalized spacial score (nSPS) is 20.3. The minimum Gasteiger partial charge on any atom is -0.382 e. The highest BCUT2D eigenvalue weighted by molar-refractivity contribution is 6.06. The number of benzene rings is 1. The summed E-state index contributed by atoms with van der Waals surface area (Å²) in [6.07, 6.45) is 0. The number of carbonyl (C=O) groups excluding carboxylic acids is 2. The molecule has 1 unspecified atom stereocenters. The quantitative estimate of drug-likeness (QED) is 0.653. The fraction of sp³-hybridized carbons (Fsp3) is 0.429. The van der Waals surface area contributed by atoms with E-state index in [0.29, 0.717) is 35.3 Å². The standard InChI is InChI=1S/C21H23F3N6O3/c1-10-16-17(29(3)21(2,9-33-4)19(32)27-16)28-20(25-10)26-12-7-30(8-12)18(31)11-5-13(22)15(24)14(23)6-11/h5-6,12H,7-9H2,1-4H3,(H,27,32)(H,25,26,28). The first-order chi connectivity index (χ1) is 15.5. The van der Waals surface area contributed by atoms with Gasteiger partial charge in [-0.3, -0.25) is 9.59 Å². The van der Waals surface area contributed by atoms with Crippen LogP contribution >= 0.6 is 0 Å². The Morgan fingerprint density at radius 1 is 1.27 bits per heavy atom. The molecular formula is C21H23F3N6O3. The highest BCUT2D eigenvalue weighted by Crippen LogP contribution is 2.37. The molecule has 0 spiro atoms. The molecule has 0 radical (unpaired) electrons. The number of carbonyl (C=O) groups is 2. The van der Waals surface area contributed by atoms with Gasteiger partial charge in [0, 0.05) is 32.8 Å². The Morgan fingerprint density at radius 2 is 1.91 bits per heavy atom. The molecule has 2 aliphatic rings. The molecule has 0 bridgehead atoms. The van der Waals surface area contributed by atoms with Crippen LogP contribution in [0.4, 0.5) is 30.6 Å². The second kappa shape index (κ2) is 8.18. The molecule has 1 atom stereocenters. The number of amides is 2. The Balaban J connectivity index is 1.47. The van der Waals surface area contributed by atoms with Crippen LogP contribution < -0.4 is 15.5 Å². The molecule has 176 valence electrons. The second-order valence-electron chi connectivity index (χ2n) is 8.36. The zero-order chi connectivity index (χ0) is 24.1. The molecule has 0 saturated carbocycles. The summed E-state index contributed by atoms with van der Waals surface area (Å²) in [5, 5.41) is 5.98. The topological polar surface area (TPSA) is 99.7 Å². The SMILES string of the molecule is COCC1(C)C(=O)Nc2c(C)nc(NC3CN(C(=O)c4cc(F)c(F)c(F)c4)C3)nc2N1C. The van der Waals surface area contributed by atoms with Crippen molar-refractivity contribution in [3.63, 3.8) is 0 Å². The number of hydrogen-bond donors (Lipinski definition) is 2. The van der Waals surface area contributed by atoms with Crippen LogP contribution in [0.5, 0.6) is 0 Å². The smallest absolute Gasteiger partial charge is 0.254 e. The van der Waals surface area contributed by atoms with E-state index in [4.69, 9.17) is 4.74 Å². The van der Waals surface area contributed by atoms with E-state index < -0.39 is 28.9 Å². The number of fused-ring (bicyclic) bond motifs is 1. The summed E-state index contributed by atoms with van der Waals surface area (Å²) in [5.41, 5.74) is -0.154. The van der Waals surface area contributed by atoms with Crippen LogP contribution in [0.2, 0.25) is 0 Å². The summed E-state index contributed by atoms with van der Waals surface area (Å²) in [5.74, 6) is -4.44. The maximum atomic E-state index is 13.4. The minimum absolute atomic E-state index is 0.158. The van der Waals surface area contributed by atoms with E-state index in [0.717, 1.165) is 0 Å². The van der Waals surface area contributed by atoms with Crippen molar-refractivity contribution in [2.75, 3.05) is 49.4 Å². The largest absolute Gasteiger partial charge is 0.382 e. The molecule has 3 heterocycles. The van der Waals surface area contributed by atoms with E-state index in [1.54, 1.807) is 25.8 Å². The summed E-state index contributed by atoms with van der Waals surface area (Å²) in [7, 11) is 3.26. The fourth-order valence-corrected chi connectivity index (χ4v) is 3.87. The van der Waals surface area contributed by atoms with Gasteiger partial charge in [0.1, 0.15) is 11.2 Å². The predicted octanol–water partition coefficient (Wildman–Crippen LogP) is 1.93. The highest BCUT2D eigenvalue weighted by Gasteiger charge is 2.44. The number of rotatable bonds is 5. The van der Waals surface area contributed by atoms with Gasteiger partial charge >= 0.3 is 0 Å². The molecular weight excluding hydrogens is 441 g/mol. The second-order valence-corrected chi connectivity index (χ2v) is 8.36. The zero-order valence-electron chi connectivity index (χ0n) is 18.5. The van der Waals surface area contributed by atoms with Gasteiger partial charge in [-0.25, -0.2) is 18.2 Å². The van der Waals surface area contributed by atoms with Gasteiger partial charge in [-0.05, 0) is 26.0 Å². The number of methoxy groups -OCH3 is 1. The van der Waals surface area contributed by atoms with Gasteiger partial charge in [0.05, 0.1) is 18.3 Å². The van der Waals surface area contributed by atoms with Crippen LogP contribution in [-0.2, 0) is 9.53 Å². The van der Waals surface area contributed by atoms with Gasteiger partial charge in [0.15, 0.2) is 23.3 Å². The number of anilines is 3. The summed E-state index contributed by atoms with van der Waals surface area (Å²) < 4.78 is 45.2. The Labute approximate surface area is 187 Å². The molecule has 2 aliphatic heterocycles. The maximum absolute atomic E-state index is 13.4. The third-order valence-corrected chi connectivity index (χ3v) is 6.01. The molecule has 1 fully saturated rings. The maximum Gasteiger partial charge on any atom is 0.254 e. The third kappa shape index (κ3) is 3.84. The minimum atomic E-state index is -1.61. The number of likely N-dealkylation sites (N-methyl/N-ethyl adjacent to an activating group) is 1. The molecule has 0 aliphatic carbocycles. The van der Waals surface area contributed by atoms with Crippen molar-refractivity contribution in [1.82, 2.24) is 14.9 Å². The van der Waals surface area contributed by atoms with Crippen molar-refractivity contribution >= 4 is 29.3 Å². The van der Waals surface area contributed by atoms with Crippen LogP contribution in [0.1, 0.15) is 23.0 Å². The Hall–Kier alpha value is -3.41. The third-order valence-electron chi connectivity index (χ3n) is 6.01. The number of halogens is 3. The lowest BCUT2D eigenvalue weighted by atomic mass is 9.97. The van der Waals surface area contributed by atoms with E-state index in [-0.39, 0.29) is 37.2 Å². The van der Waals surface area contributed by atoms with Gasteiger partial charge in [0.25, 0.3) is 11.8 Å². The highest BCUT2D eigenvalue weighted by atomic mass is 19.2. The molecule has 2 amide bonds. The first-order valence-electron chi connectivity index (χ1n) is 10.2. The molecule has 2 aromatic rings. The van der Waals surface area contributed by atoms with Crippen LogP contribution in [0.3, 0.4) is 0 Å². The van der Waals surface area contributed by atoms with Crippen LogP contribution in [0, 0.1) is 24.4 Å². The number of aromatic nitrogens is 2. The van der Waals surface area contributed by atoms with E-state index in [1.165, 1.54) is 12.0 Å². The summed E-state index contributed by atoms with van der Waals surface area (Å²) in [6, 6.07) is 1.16. The molecule has 1 aromatic heterocycles. The molecule has 1 saturated heterocycles. The van der Waals surface area contributed by atoms with Crippen LogP contribution in [0.15, 0.2) is 12.1 Å². The molecule has 1 aromatic carbocycles. The summed E-state index contributed by atoms with van der Waals surface area (Å²) in [4.78, 5) is 37.1. The van der Waals surface area contributed by atoms with Crippen LogP contribution in [-0.4, -0.2) is 72.1 Å². The van der Waals surface area contributed by atoms with Gasteiger partial charge in [-0.1, -0.05) is 0 Å². The lowest BCUT2D eigenvalue weighted by molar-refractivity contribution is -0.122. The molecule has 12 heteroatoms. The predicted molar refractivity (Wildman–Crippen MR) is 114 cm³/mol. The van der Waals surface area contributed by atoms with Crippen molar-refractivity contribution in [3.05, 3.63) is 40.8 Å². The van der Waals surface area contributed by atoms with E-state index >= 15 is 0 Å². The van der Waals surface area contributed by atoms with Crippen molar-refractivity contribution < 1.29 is 27.5 Å². The lowest BCUT2D eigenvalue weighted by Gasteiger charge is -2.43. The van der Waals surface area contributed by atoms with E-state index in [1.807, 2.05) is 0 Å². The summed E-state index contributed by atoms with van der Waals surface area (Å²) >= 11 is 0. The van der Waals surface area contributed by atoms with Crippen molar-refractivity contribution in [3.8, 4) is 0 Å². The first-order valence-corrected chi connectivity index (χ1v) is 10.2. The molecule has 2 N–H and O–H groups in total. The average molecular weight is 464 g/mol. The first kappa shape index (κ1) is 22.8. The number of hydrogen-bond acceptors (Lipinski definition) is 7. The number of nitrogens with zero attached hydrogens (tertiary/aromatic N) is 4. The van der Waals surface area contributed by atoms with Crippen molar-refractivity contribution in [1.29, 1.82) is 0 Å². The Bertz CT molecular complexity index is 1120. The number of aryl methyl sites for hydroxylation is 1. The number of ether oxygens (including phenoxy) is 1. The molecule has 33 heavy (non-hydrogen) atoms. The van der Waals surface area contributed by atoms with Crippen LogP contribution in [0.25, 0.3) is 0 Å². The fourth-order valence-electron chi connectivity index (χ4n) is 3.87. The van der Waals surface area contributed by atoms with Gasteiger partial charge in [-0.2, -0.15) is 4.98 Å².